The molecule has 0 spiro atoms. The van der Waals surface area contributed by atoms with E-state index in [-0.39, 0.29) is 6.61 Å². The van der Waals surface area contributed by atoms with E-state index in [0.717, 1.165) is 17.9 Å². The minimum absolute atomic E-state index is 0.126. The molecule has 1 aliphatic rings. The highest BCUT2D eigenvalue weighted by molar-refractivity contribution is 5.55. The molecular formula is C17H19N3O3. The number of aromatic nitrogens is 3. The minimum atomic E-state index is -0.126. The molecule has 6 nitrogen and oxygen atoms in total. The Bertz CT molecular complexity index is 714. The number of hydrogen-bond acceptors (Lipinski definition) is 6. The molecule has 0 aliphatic heterocycles. The first kappa shape index (κ1) is 15.4. The number of nitrogens with zero attached hydrogens (tertiary/aromatic N) is 3. The maximum absolute atomic E-state index is 9.29. The zero-order chi connectivity index (χ0) is 16.2. The van der Waals surface area contributed by atoms with Crippen LogP contribution in [0, 0.1) is 12.8 Å². The van der Waals surface area contributed by atoms with Gasteiger partial charge < -0.3 is 14.6 Å². The van der Waals surface area contributed by atoms with Crippen LogP contribution in [0.4, 0.5) is 0 Å². The summed E-state index contributed by atoms with van der Waals surface area (Å²) in [5, 5.41) is 9.29. The summed E-state index contributed by atoms with van der Waals surface area (Å²) >= 11 is 0. The van der Waals surface area contributed by atoms with Crippen molar-refractivity contribution in [3.8, 4) is 11.6 Å². The van der Waals surface area contributed by atoms with Crippen LogP contribution in [0.5, 0.6) is 11.6 Å². The Labute approximate surface area is 134 Å². The van der Waals surface area contributed by atoms with E-state index >= 15 is 0 Å². The van der Waals surface area contributed by atoms with Crippen LogP contribution in [0.2, 0.25) is 0 Å². The van der Waals surface area contributed by atoms with E-state index < -0.39 is 0 Å². The molecule has 1 atom stereocenters. The normalized spacial score (nSPS) is 18.0. The maximum Gasteiger partial charge on any atom is 0.222 e. The van der Waals surface area contributed by atoms with Gasteiger partial charge >= 0.3 is 0 Å². The zero-order valence-corrected chi connectivity index (χ0v) is 13.2. The second kappa shape index (κ2) is 6.75. The van der Waals surface area contributed by atoms with Gasteiger partial charge in [-0.25, -0.2) is 4.98 Å². The molecular weight excluding hydrogens is 294 g/mol. The summed E-state index contributed by atoms with van der Waals surface area (Å²) < 4.78 is 10.8. The molecule has 3 rings (SSSR count). The first-order valence-corrected chi connectivity index (χ1v) is 7.46. The van der Waals surface area contributed by atoms with Crippen molar-refractivity contribution in [1.82, 2.24) is 15.0 Å². The monoisotopic (exact) mass is 313 g/mol. The summed E-state index contributed by atoms with van der Waals surface area (Å²) in [5.74, 6) is 2.22. The second-order valence-electron chi connectivity index (χ2n) is 5.46. The van der Waals surface area contributed by atoms with Crippen LogP contribution in [-0.2, 0) is 6.61 Å². The third-order valence-corrected chi connectivity index (χ3v) is 3.71. The van der Waals surface area contributed by atoms with Crippen LogP contribution in [0.25, 0.3) is 6.08 Å². The Morgan fingerprint density at radius 3 is 2.87 bits per heavy atom. The molecule has 0 saturated heterocycles. The standard InChI is InChI=1S/C17H19N3O3/c1-11-18-7-14(9-21)17(20-11)23-10-13-5-12(13)6-15-3-4-16(22-2)8-19-15/h3-4,6-8,13,21H,5,9-10H2,1-2H3/b12-6+/t13-/m1/s1. The molecule has 120 valence electrons. The van der Waals surface area contributed by atoms with Gasteiger partial charge in [0.1, 0.15) is 11.6 Å². The van der Waals surface area contributed by atoms with Gasteiger partial charge in [-0.15, -0.1) is 0 Å². The number of methoxy groups -OCH3 is 1. The third kappa shape index (κ3) is 3.84. The molecule has 2 aromatic rings. The fraction of sp³-hybridized carbons (Fsp3) is 0.353. The van der Waals surface area contributed by atoms with E-state index in [0.29, 0.717) is 29.8 Å². The molecule has 1 N–H and O–H groups in total. The highest BCUT2D eigenvalue weighted by Gasteiger charge is 2.30. The van der Waals surface area contributed by atoms with Gasteiger partial charge in [0.25, 0.3) is 0 Å². The van der Waals surface area contributed by atoms with Gasteiger partial charge in [0.15, 0.2) is 0 Å². The maximum atomic E-state index is 9.29. The molecule has 1 aliphatic carbocycles. The van der Waals surface area contributed by atoms with Crippen molar-refractivity contribution in [2.75, 3.05) is 13.7 Å². The van der Waals surface area contributed by atoms with Crippen LogP contribution in [0.1, 0.15) is 23.5 Å². The molecule has 0 amide bonds. The van der Waals surface area contributed by atoms with E-state index in [4.69, 9.17) is 9.47 Å². The van der Waals surface area contributed by atoms with Gasteiger partial charge in [-0.2, -0.15) is 4.98 Å². The Morgan fingerprint density at radius 1 is 1.30 bits per heavy atom. The van der Waals surface area contributed by atoms with Crippen LogP contribution in [0.15, 0.2) is 30.1 Å². The molecule has 0 radical (unpaired) electrons. The van der Waals surface area contributed by atoms with Crippen molar-refractivity contribution >= 4 is 6.08 Å². The number of rotatable bonds is 6. The molecule has 1 fully saturated rings. The van der Waals surface area contributed by atoms with Crippen molar-refractivity contribution < 1.29 is 14.6 Å². The summed E-state index contributed by atoms with van der Waals surface area (Å²) in [6.45, 7) is 2.22. The first-order valence-electron chi connectivity index (χ1n) is 7.46. The third-order valence-electron chi connectivity index (χ3n) is 3.71. The number of pyridine rings is 1. The van der Waals surface area contributed by atoms with Gasteiger partial charge in [-0.1, -0.05) is 5.57 Å². The largest absolute Gasteiger partial charge is 0.495 e. The van der Waals surface area contributed by atoms with Crippen LogP contribution in [0.3, 0.4) is 0 Å². The van der Waals surface area contributed by atoms with Crippen molar-refractivity contribution in [1.29, 1.82) is 0 Å². The fourth-order valence-electron chi connectivity index (χ4n) is 2.24. The Balaban J connectivity index is 1.59. The van der Waals surface area contributed by atoms with Crippen molar-refractivity contribution in [3.05, 3.63) is 47.2 Å². The van der Waals surface area contributed by atoms with E-state index in [1.807, 2.05) is 12.1 Å². The predicted octanol–water partition coefficient (Wildman–Crippen LogP) is 2.16. The molecule has 6 heteroatoms. The van der Waals surface area contributed by atoms with Crippen molar-refractivity contribution in [3.63, 3.8) is 0 Å². The van der Waals surface area contributed by atoms with E-state index in [9.17, 15) is 5.11 Å². The van der Waals surface area contributed by atoms with Crippen molar-refractivity contribution in [2.24, 2.45) is 5.92 Å². The number of ether oxygens (including phenoxy) is 2. The quantitative estimate of drug-likeness (QED) is 0.880. The molecule has 23 heavy (non-hydrogen) atoms. The molecule has 2 aromatic heterocycles. The number of hydrogen-bond donors (Lipinski definition) is 1. The summed E-state index contributed by atoms with van der Waals surface area (Å²) in [7, 11) is 1.62. The van der Waals surface area contributed by atoms with Gasteiger partial charge in [-0.3, -0.25) is 4.98 Å². The van der Waals surface area contributed by atoms with Gasteiger partial charge in [0.2, 0.25) is 5.88 Å². The average Bonchev–Trinajstić information content (AvgIpc) is 3.32. The fourth-order valence-corrected chi connectivity index (χ4v) is 2.24. The molecule has 2 heterocycles. The summed E-state index contributed by atoms with van der Waals surface area (Å²) in [6, 6.07) is 3.82. The average molecular weight is 313 g/mol. The lowest BCUT2D eigenvalue weighted by Gasteiger charge is -2.08. The zero-order valence-electron chi connectivity index (χ0n) is 13.2. The highest BCUT2D eigenvalue weighted by atomic mass is 16.5. The van der Waals surface area contributed by atoms with Gasteiger partial charge in [0, 0.05) is 12.1 Å². The first-order chi connectivity index (χ1) is 11.2. The Morgan fingerprint density at radius 2 is 2.17 bits per heavy atom. The predicted molar refractivity (Wildman–Crippen MR) is 85.1 cm³/mol. The van der Waals surface area contributed by atoms with Crippen LogP contribution in [-0.4, -0.2) is 33.8 Å². The lowest BCUT2D eigenvalue weighted by Crippen LogP contribution is -2.06. The van der Waals surface area contributed by atoms with E-state index in [2.05, 4.69) is 21.0 Å². The minimum Gasteiger partial charge on any atom is -0.495 e. The van der Waals surface area contributed by atoms with Crippen molar-refractivity contribution in [2.45, 2.75) is 20.0 Å². The SMILES string of the molecule is COc1ccc(/C=C2\C[C@@H]2COc2nc(C)ncc2CO)nc1. The molecule has 0 aromatic carbocycles. The number of aryl methyl sites for hydroxylation is 1. The summed E-state index contributed by atoms with van der Waals surface area (Å²) in [4.78, 5) is 12.6. The molecule has 1 saturated carbocycles. The lowest BCUT2D eigenvalue weighted by molar-refractivity contribution is 0.252. The highest BCUT2D eigenvalue weighted by Crippen LogP contribution is 2.39. The van der Waals surface area contributed by atoms with Crippen LogP contribution >= 0.6 is 0 Å². The van der Waals surface area contributed by atoms with Gasteiger partial charge in [0.05, 0.1) is 37.8 Å². The molecule has 0 unspecified atom stereocenters. The Hall–Kier alpha value is -2.47. The number of aliphatic hydroxyl groups is 1. The topological polar surface area (TPSA) is 77.4 Å². The van der Waals surface area contributed by atoms with E-state index in [1.165, 1.54) is 5.57 Å². The van der Waals surface area contributed by atoms with Gasteiger partial charge in [-0.05, 0) is 31.6 Å². The second-order valence-corrected chi connectivity index (χ2v) is 5.46. The Kier molecular flexibility index (Phi) is 4.52. The number of aliphatic hydroxyl groups excluding tert-OH is 1. The molecule has 0 bridgehead atoms. The lowest BCUT2D eigenvalue weighted by atomic mass is 10.3. The smallest absolute Gasteiger partial charge is 0.222 e. The summed E-state index contributed by atoms with van der Waals surface area (Å²) in [5.41, 5.74) is 2.83. The summed E-state index contributed by atoms with van der Waals surface area (Å²) in [6.07, 6.45) is 6.37. The van der Waals surface area contributed by atoms with E-state index in [1.54, 1.807) is 26.4 Å². The van der Waals surface area contributed by atoms with Crippen LogP contribution < -0.4 is 9.47 Å².